The number of nitrogens with zero attached hydrogens (tertiary/aromatic N) is 2. The second-order valence-electron chi connectivity index (χ2n) is 13.7. The molecule has 0 spiro atoms. The molecule has 1 aliphatic carbocycles. The first-order valence-electron chi connectivity index (χ1n) is 16.7. The maximum absolute atomic E-state index is 6.63. The van der Waals surface area contributed by atoms with E-state index in [-0.39, 0.29) is 5.41 Å². The van der Waals surface area contributed by atoms with Gasteiger partial charge in [-0.1, -0.05) is 98.8 Å². The highest BCUT2D eigenvalue weighted by Gasteiger charge is 2.36. The lowest BCUT2D eigenvalue weighted by atomic mass is 9.82. The van der Waals surface area contributed by atoms with Gasteiger partial charge in [0.05, 0.1) is 33.1 Å². The minimum Gasteiger partial charge on any atom is -0.455 e. The van der Waals surface area contributed by atoms with Gasteiger partial charge in [0.25, 0.3) is 0 Å². The van der Waals surface area contributed by atoms with Crippen LogP contribution in [0.5, 0.6) is 0 Å². The number of furan rings is 1. The van der Waals surface area contributed by atoms with Crippen molar-refractivity contribution >= 4 is 65.6 Å². The molecule has 0 unspecified atom stereocenters. The minimum atomic E-state index is -0.0916. The van der Waals surface area contributed by atoms with Gasteiger partial charge in [0.1, 0.15) is 11.2 Å². The van der Waals surface area contributed by atoms with Gasteiger partial charge in [-0.2, -0.15) is 0 Å². The van der Waals surface area contributed by atoms with Crippen molar-refractivity contribution in [2.45, 2.75) is 19.3 Å². The molecule has 48 heavy (non-hydrogen) atoms. The van der Waals surface area contributed by atoms with Crippen molar-refractivity contribution in [2.75, 3.05) is 0 Å². The van der Waals surface area contributed by atoms with Crippen LogP contribution in [0.25, 0.3) is 88.1 Å². The molecule has 3 heteroatoms. The molecule has 226 valence electrons. The predicted octanol–water partition coefficient (Wildman–Crippen LogP) is 12.1. The summed E-state index contributed by atoms with van der Waals surface area (Å²) in [5, 5.41) is 7.14. The molecule has 7 aromatic carbocycles. The first-order valence-corrected chi connectivity index (χ1v) is 16.7. The Hall–Kier alpha value is -6.06. The quantitative estimate of drug-likeness (QED) is 0.190. The molecule has 0 saturated heterocycles. The lowest BCUT2D eigenvalue weighted by Crippen LogP contribution is -2.14. The number of benzene rings is 7. The van der Waals surface area contributed by atoms with Crippen molar-refractivity contribution in [3.8, 4) is 22.5 Å². The highest BCUT2D eigenvalue weighted by Crippen LogP contribution is 2.52. The average molecular weight is 615 g/mol. The number of fused-ring (bicyclic) bond motifs is 13. The van der Waals surface area contributed by atoms with Crippen LogP contribution >= 0.6 is 0 Å². The summed E-state index contributed by atoms with van der Waals surface area (Å²) < 4.78 is 11.5. The van der Waals surface area contributed by atoms with Crippen molar-refractivity contribution in [2.24, 2.45) is 0 Å². The second kappa shape index (κ2) is 9.05. The van der Waals surface area contributed by atoms with Crippen LogP contribution < -0.4 is 0 Å². The molecule has 11 rings (SSSR count). The molecule has 0 fully saturated rings. The van der Waals surface area contributed by atoms with E-state index in [0.29, 0.717) is 0 Å². The third kappa shape index (κ3) is 3.18. The fourth-order valence-corrected chi connectivity index (χ4v) is 8.78. The summed E-state index contributed by atoms with van der Waals surface area (Å²) in [6, 6.07) is 53.1. The van der Waals surface area contributed by atoms with Gasteiger partial charge in [0.2, 0.25) is 0 Å². The minimum absolute atomic E-state index is 0.0916. The van der Waals surface area contributed by atoms with Crippen LogP contribution in [0.1, 0.15) is 25.0 Å². The lowest BCUT2D eigenvalue weighted by Gasteiger charge is -2.21. The van der Waals surface area contributed by atoms with Crippen molar-refractivity contribution in [1.82, 2.24) is 9.13 Å². The van der Waals surface area contributed by atoms with Crippen molar-refractivity contribution in [1.29, 1.82) is 0 Å². The largest absolute Gasteiger partial charge is 0.455 e. The van der Waals surface area contributed by atoms with Crippen LogP contribution in [0.3, 0.4) is 0 Å². The number of para-hydroxylation sites is 3. The van der Waals surface area contributed by atoms with E-state index in [2.05, 4.69) is 163 Å². The summed E-state index contributed by atoms with van der Waals surface area (Å²) in [5.41, 5.74) is 14.3. The molecular formula is C45H30N2O. The number of rotatable bonds is 2. The van der Waals surface area contributed by atoms with Gasteiger partial charge in [0, 0.05) is 38.0 Å². The SMILES string of the molecule is CC1(C)c2ccccc2-c2cc3c4c(-n5c6ccccc6c6c7oc8ccccc8c7ccc65)cccc4n(-c4ccccc4)c3cc21. The topological polar surface area (TPSA) is 23.0 Å². The van der Waals surface area contributed by atoms with Gasteiger partial charge < -0.3 is 13.6 Å². The summed E-state index contributed by atoms with van der Waals surface area (Å²) in [4.78, 5) is 0. The highest BCUT2D eigenvalue weighted by atomic mass is 16.3. The maximum Gasteiger partial charge on any atom is 0.145 e. The highest BCUT2D eigenvalue weighted by molar-refractivity contribution is 6.25. The Balaban J connectivity index is 1.32. The van der Waals surface area contributed by atoms with Crippen LogP contribution in [0.4, 0.5) is 0 Å². The van der Waals surface area contributed by atoms with Crippen LogP contribution in [0.15, 0.2) is 150 Å². The fourth-order valence-electron chi connectivity index (χ4n) is 8.78. The van der Waals surface area contributed by atoms with Gasteiger partial charge in [-0.05, 0) is 82.9 Å². The monoisotopic (exact) mass is 614 g/mol. The number of hydrogen-bond acceptors (Lipinski definition) is 1. The van der Waals surface area contributed by atoms with E-state index >= 15 is 0 Å². The molecule has 0 radical (unpaired) electrons. The molecule has 0 bridgehead atoms. The molecule has 0 atom stereocenters. The number of hydrogen-bond donors (Lipinski definition) is 0. The lowest BCUT2D eigenvalue weighted by molar-refractivity contribution is 0.661. The first kappa shape index (κ1) is 26.1. The van der Waals surface area contributed by atoms with Gasteiger partial charge in [-0.3, -0.25) is 0 Å². The van der Waals surface area contributed by atoms with Crippen LogP contribution in [-0.2, 0) is 5.41 Å². The van der Waals surface area contributed by atoms with Gasteiger partial charge in [-0.25, -0.2) is 0 Å². The van der Waals surface area contributed by atoms with E-state index < -0.39 is 0 Å². The normalized spacial score (nSPS) is 13.8. The van der Waals surface area contributed by atoms with E-state index in [1.165, 1.54) is 60.6 Å². The first-order chi connectivity index (χ1) is 23.6. The zero-order chi connectivity index (χ0) is 31.7. The maximum atomic E-state index is 6.63. The van der Waals surface area contributed by atoms with Crippen LogP contribution in [-0.4, -0.2) is 9.13 Å². The smallest absolute Gasteiger partial charge is 0.145 e. The molecule has 3 aromatic heterocycles. The van der Waals surface area contributed by atoms with Crippen LogP contribution in [0.2, 0.25) is 0 Å². The summed E-state index contributed by atoms with van der Waals surface area (Å²) in [6.45, 7) is 4.72. The summed E-state index contributed by atoms with van der Waals surface area (Å²) in [6.07, 6.45) is 0. The predicted molar refractivity (Wildman–Crippen MR) is 200 cm³/mol. The van der Waals surface area contributed by atoms with Crippen molar-refractivity contribution in [3.05, 3.63) is 157 Å². The van der Waals surface area contributed by atoms with E-state index in [0.717, 1.165) is 38.5 Å². The molecule has 0 aliphatic heterocycles. The zero-order valence-corrected chi connectivity index (χ0v) is 26.7. The Morgan fingerprint density at radius 2 is 1.19 bits per heavy atom. The fraction of sp³-hybridized carbons (Fsp3) is 0.0667. The molecule has 3 heterocycles. The van der Waals surface area contributed by atoms with Crippen LogP contribution in [0, 0.1) is 0 Å². The molecule has 0 saturated carbocycles. The van der Waals surface area contributed by atoms with Crippen molar-refractivity contribution < 1.29 is 4.42 Å². The van der Waals surface area contributed by atoms with E-state index in [1.807, 2.05) is 6.07 Å². The standard InChI is InChI=1S/C45H30N2O/c1-45(2)34-18-9-6-15-28(34)32-25-33-40(26-35(32)45)46(27-13-4-3-5-14-27)37-20-12-21-38(42(33)37)47-36-19-10-7-17-31(36)43-39(47)24-23-30-29-16-8-11-22-41(29)48-44(30)43/h3-26H,1-2H3. The van der Waals surface area contributed by atoms with Gasteiger partial charge in [0.15, 0.2) is 0 Å². The van der Waals surface area contributed by atoms with E-state index in [9.17, 15) is 0 Å². The zero-order valence-electron chi connectivity index (χ0n) is 26.7. The molecule has 0 amide bonds. The summed E-state index contributed by atoms with van der Waals surface area (Å²) >= 11 is 0. The average Bonchev–Trinajstić information content (AvgIpc) is 3.83. The third-order valence-corrected chi connectivity index (χ3v) is 10.9. The molecule has 0 N–H and O–H groups in total. The van der Waals surface area contributed by atoms with E-state index in [4.69, 9.17) is 4.42 Å². The molecule has 1 aliphatic rings. The Kier molecular flexibility index (Phi) is 4.91. The second-order valence-corrected chi connectivity index (χ2v) is 13.7. The Morgan fingerprint density at radius 3 is 2.08 bits per heavy atom. The van der Waals surface area contributed by atoms with Crippen molar-refractivity contribution in [3.63, 3.8) is 0 Å². The Labute approximate surface area is 276 Å². The Morgan fingerprint density at radius 1 is 0.458 bits per heavy atom. The number of aromatic nitrogens is 2. The summed E-state index contributed by atoms with van der Waals surface area (Å²) in [7, 11) is 0. The van der Waals surface area contributed by atoms with Gasteiger partial charge >= 0.3 is 0 Å². The molecule has 10 aromatic rings. The summed E-state index contributed by atoms with van der Waals surface area (Å²) in [5.74, 6) is 0. The molecular weight excluding hydrogens is 585 g/mol. The Bertz CT molecular complexity index is 2970. The molecule has 3 nitrogen and oxygen atoms in total. The van der Waals surface area contributed by atoms with Gasteiger partial charge in [-0.15, -0.1) is 0 Å². The third-order valence-electron chi connectivity index (χ3n) is 10.9. The van der Waals surface area contributed by atoms with E-state index in [1.54, 1.807) is 0 Å².